The molecule has 130 valence electrons. The summed E-state index contributed by atoms with van der Waals surface area (Å²) < 4.78 is 18.7. The van der Waals surface area contributed by atoms with Crippen molar-refractivity contribution in [2.45, 2.75) is 25.3 Å². The van der Waals surface area contributed by atoms with Gasteiger partial charge in [-0.1, -0.05) is 24.3 Å². The summed E-state index contributed by atoms with van der Waals surface area (Å²) in [5.41, 5.74) is 2.40. The second-order valence-electron chi connectivity index (χ2n) is 5.91. The number of benzene rings is 2. The van der Waals surface area contributed by atoms with Gasteiger partial charge in [-0.15, -0.1) is 0 Å². The Morgan fingerprint density at radius 2 is 2.04 bits per heavy atom. The number of hydrogen-bond acceptors (Lipinski definition) is 3. The van der Waals surface area contributed by atoms with Gasteiger partial charge in [0, 0.05) is 4.47 Å². The maximum Gasteiger partial charge on any atom is 0.339 e. The molecule has 2 aromatic rings. The molecule has 0 bridgehead atoms. The molecule has 0 saturated carbocycles. The van der Waals surface area contributed by atoms with Crippen molar-refractivity contribution in [2.75, 3.05) is 6.61 Å². The van der Waals surface area contributed by atoms with E-state index in [1.165, 1.54) is 17.7 Å². The molecule has 0 aromatic heterocycles. The first-order valence-corrected chi connectivity index (χ1v) is 8.83. The Balaban J connectivity index is 1.59. The van der Waals surface area contributed by atoms with Crippen LogP contribution in [0.4, 0.5) is 4.39 Å². The number of esters is 1. The van der Waals surface area contributed by atoms with Crippen LogP contribution < -0.4 is 5.32 Å². The van der Waals surface area contributed by atoms with E-state index in [0.717, 1.165) is 30.9 Å². The highest BCUT2D eigenvalue weighted by atomic mass is 79.9. The third kappa shape index (κ3) is 4.25. The van der Waals surface area contributed by atoms with Crippen molar-refractivity contribution >= 4 is 27.8 Å². The topological polar surface area (TPSA) is 55.4 Å². The summed E-state index contributed by atoms with van der Waals surface area (Å²) in [5.74, 6) is -1.66. The smallest absolute Gasteiger partial charge is 0.339 e. The van der Waals surface area contributed by atoms with Gasteiger partial charge in [0.2, 0.25) is 0 Å². The number of halogens is 2. The van der Waals surface area contributed by atoms with Gasteiger partial charge < -0.3 is 10.1 Å². The van der Waals surface area contributed by atoms with E-state index in [1.807, 2.05) is 18.2 Å². The van der Waals surface area contributed by atoms with Gasteiger partial charge in [0.1, 0.15) is 5.82 Å². The number of amides is 1. The van der Waals surface area contributed by atoms with Crippen LogP contribution >= 0.6 is 15.9 Å². The van der Waals surface area contributed by atoms with E-state index in [9.17, 15) is 14.0 Å². The Bertz CT molecular complexity index is 809. The number of hydrogen-bond donors (Lipinski definition) is 1. The lowest BCUT2D eigenvalue weighted by molar-refractivity contribution is -0.125. The van der Waals surface area contributed by atoms with Gasteiger partial charge in [0.25, 0.3) is 5.91 Å². The first kappa shape index (κ1) is 17.6. The van der Waals surface area contributed by atoms with E-state index in [-0.39, 0.29) is 17.5 Å². The van der Waals surface area contributed by atoms with Gasteiger partial charge in [-0.3, -0.25) is 4.79 Å². The van der Waals surface area contributed by atoms with Crippen molar-refractivity contribution in [3.05, 3.63) is 69.4 Å². The van der Waals surface area contributed by atoms with Crippen molar-refractivity contribution in [1.82, 2.24) is 5.32 Å². The van der Waals surface area contributed by atoms with Crippen LogP contribution in [0.2, 0.25) is 0 Å². The minimum Gasteiger partial charge on any atom is -0.452 e. The third-order valence-corrected chi connectivity index (χ3v) is 4.88. The van der Waals surface area contributed by atoms with Crippen LogP contribution in [0, 0.1) is 5.82 Å². The van der Waals surface area contributed by atoms with Crippen LogP contribution in [0.15, 0.2) is 46.9 Å². The molecule has 0 spiro atoms. The zero-order chi connectivity index (χ0) is 17.8. The number of ether oxygens (including phenoxy) is 1. The quantitative estimate of drug-likeness (QED) is 0.783. The number of carbonyl (C=O) groups is 2. The second-order valence-corrected chi connectivity index (χ2v) is 6.77. The molecule has 1 atom stereocenters. The molecule has 0 aliphatic heterocycles. The summed E-state index contributed by atoms with van der Waals surface area (Å²) in [5, 5.41) is 2.91. The largest absolute Gasteiger partial charge is 0.452 e. The number of nitrogens with one attached hydrogen (secondary N) is 1. The number of rotatable bonds is 4. The van der Waals surface area contributed by atoms with E-state index in [4.69, 9.17) is 4.74 Å². The molecule has 25 heavy (non-hydrogen) atoms. The Morgan fingerprint density at radius 1 is 1.24 bits per heavy atom. The lowest BCUT2D eigenvalue weighted by Gasteiger charge is -2.26. The van der Waals surface area contributed by atoms with Crippen LogP contribution in [-0.4, -0.2) is 18.5 Å². The molecule has 6 heteroatoms. The fourth-order valence-corrected chi connectivity index (χ4v) is 3.41. The Labute approximate surface area is 153 Å². The van der Waals surface area contributed by atoms with Crippen LogP contribution in [0.1, 0.15) is 40.4 Å². The summed E-state index contributed by atoms with van der Waals surface area (Å²) >= 11 is 3.17. The van der Waals surface area contributed by atoms with Gasteiger partial charge in [-0.05, 0) is 64.5 Å². The predicted molar refractivity (Wildman–Crippen MR) is 94.6 cm³/mol. The highest BCUT2D eigenvalue weighted by Crippen LogP contribution is 2.29. The molecule has 1 aliphatic rings. The Morgan fingerprint density at radius 3 is 2.88 bits per heavy atom. The van der Waals surface area contributed by atoms with Crippen LogP contribution in [0.3, 0.4) is 0 Å². The molecule has 1 amide bonds. The first-order valence-electron chi connectivity index (χ1n) is 8.04. The minimum absolute atomic E-state index is 0.0517. The van der Waals surface area contributed by atoms with Crippen LogP contribution in [-0.2, 0) is 16.0 Å². The second kappa shape index (κ2) is 7.78. The van der Waals surface area contributed by atoms with Gasteiger partial charge in [0.15, 0.2) is 6.61 Å². The predicted octanol–water partition coefficient (Wildman–Crippen LogP) is 3.94. The van der Waals surface area contributed by atoms with E-state index >= 15 is 0 Å². The van der Waals surface area contributed by atoms with Crippen LogP contribution in [0.25, 0.3) is 0 Å². The summed E-state index contributed by atoms with van der Waals surface area (Å²) in [4.78, 5) is 24.1. The first-order chi connectivity index (χ1) is 12.0. The van der Waals surface area contributed by atoms with Crippen molar-refractivity contribution in [3.63, 3.8) is 0 Å². The molecule has 0 saturated heterocycles. The molecular weight excluding hydrogens is 389 g/mol. The summed E-state index contributed by atoms with van der Waals surface area (Å²) in [6.07, 6.45) is 2.86. The maximum atomic E-state index is 13.2. The van der Waals surface area contributed by atoms with E-state index in [1.54, 1.807) is 0 Å². The molecule has 0 unspecified atom stereocenters. The van der Waals surface area contributed by atoms with E-state index in [0.29, 0.717) is 4.47 Å². The van der Waals surface area contributed by atoms with Gasteiger partial charge >= 0.3 is 5.97 Å². The molecule has 2 aromatic carbocycles. The normalized spacial score (nSPS) is 16.0. The summed E-state index contributed by atoms with van der Waals surface area (Å²) in [6.45, 7) is -0.402. The molecular formula is C19H17BrFNO3. The monoisotopic (exact) mass is 405 g/mol. The average molecular weight is 406 g/mol. The van der Waals surface area contributed by atoms with E-state index < -0.39 is 18.4 Å². The fraction of sp³-hybridized carbons (Fsp3) is 0.263. The Hall–Kier alpha value is -2.21. The van der Waals surface area contributed by atoms with Crippen molar-refractivity contribution in [3.8, 4) is 0 Å². The van der Waals surface area contributed by atoms with Crippen molar-refractivity contribution in [1.29, 1.82) is 0 Å². The minimum atomic E-state index is -0.745. The highest BCUT2D eigenvalue weighted by molar-refractivity contribution is 9.10. The van der Waals surface area contributed by atoms with Crippen molar-refractivity contribution in [2.24, 2.45) is 0 Å². The van der Waals surface area contributed by atoms with Gasteiger partial charge in [-0.25, -0.2) is 9.18 Å². The molecule has 4 nitrogen and oxygen atoms in total. The fourth-order valence-electron chi connectivity index (χ4n) is 3.00. The number of fused-ring (bicyclic) bond motifs is 1. The lowest BCUT2D eigenvalue weighted by atomic mass is 9.88. The van der Waals surface area contributed by atoms with E-state index in [2.05, 4.69) is 27.3 Å². The number of carbonyl (C=O) groups excluding carboxylic acids is 2. The lowest BCUT2D eigenvalue weighted by Crippen LogP contribution is -2.34. The molecule has 0 heterocycles. The zero-order valence-electron chi connectivity index (χ0n) is 13.4. The third-order valence-electron chi connectivity index (χ3n) is 4.19. The molecule has 0 radical (unpaired) electrons. The maximum absolute atomic E-state index is 13.2. The number of aryl methyl sites for hydroxylation is 1. The van der Waals surface area contributed by atoms with Gasteiger partial charge in [0.05, 0.1) is 11.6 Å². The Kier molecular flexibility index (Phi) is 5.48. The summed E-state index contributed by atoms with van der Waals surface area (Å²) in [6, 6.07) is 11.7. The standard InChI is InChI=1S/C19H17BrFNO3/c20-16-9-8-13(21)10-15(16)19(24)25-11-18(23)22-17-7-3-5-12-4-1-2-6-14(12)17/h1-2,4,6,8-10,17H,3,5,7,11H2,(H,22,23)/t17-/m1/s1. The highest BCUT2D eigenvalue weighted by Gasteiger charge is 2.22. The molecule has 3 rings (SSSR count). The van der Waals surface area contributed by atoms with Crippen LogP contribution in [0.5, 0.6) is 0 Å². The molecule has 1 N–H and O–H groups in total. The van der Waals surface area contributed by atoms with Gasteiger partial charge in [-0.2, -0.15) is 0 Å². The SMILES string of the molecule is O=C(COC(=O)c1cc(F)ccc1Br)N[C@@H]1CCCc2ccccc21. The average Bonchev–Trinajstić information content (AvgIpc) is 2.62. The molecule has 1 aliphatic carbocycles. The molecule has 0 fully saturated rings. The summed E-state index contributed by atoms with van der Waals surface area (Å²) in [7, 11) is 0. The zero-order valence-corrected chi connectivity index (χ0v) is 15.0. The van der Waals surface area contributed by atoms with Crippen molar-refractivity contribution < 1.29 is 18.7 Å².